The van der Waals surface area contributed by atoms with E-state index >= 15 is 0 Å². The summed E-state index contributed by atoms with van der Waals surface area (Å²) >= 11 is 3.42. The van der Waals surface area contributed by atoms with E-state index < -0.39 is 0 Å². The standard InChI is InChI=1S/C52H42O2S.C48H42O2S/c1-5-31-26-39(28-46(52(31)54)40(6-2)42-22-18-37-16-14-33-10-8-12-35-20-24-44(42)50(37)48(33)35)55-38-25-29(3)51(53)45(27-38)30(4)41-21-17-36-15-13-32-9-7-11-34-19-23-43(41)49(36)47(32)34;1-5-31-26-37(28-44(48(31)50)38(6-2)46-41-21-13-9-17-34(41)25-35-18-10-14-22-42(35)46)51-36-23-29(3)47(49)43(27-36)30(4)45-39-19-11-7-15-32(39)24-33-16-8-12-20-40(33)45/h7-28,30,40,53-54H,5-6H2,1-4H3;7-28,30,38,49-50H,5-6H2,1-4H3. The molecule has 4 unspecified atom stereocenters. The predicted octanol–water partition coefficient (Wildman–Crippen LogP) is 28.0. The first kappa shape index (κ1) is 68.1. The summed E-state index contributed by atoms with van der Waals surface area (Å²) in [6, 6.07) is 96.1. The van der Waals surface area contributed by atoms with Gasteiger partial charge in [-0.3, -0.25) is 0 Å². The van der Waals surface area contributed by atoms with Crippen molar-refractivity contribution in [3.05, 3.63) is 334 Å². The fourth-order valence-corrected chi connectivity index (χ4v) is 20.0. The van der Waals surface area contributed by atoms with Crippen molar-refractivity contribution in [1.82, 2.24) is 0 Å². The number of hydrogen-bond donors (Lipinski definition) is 4. The van der Waals surface area contributed by atoms with Crippen LogP contribution in [0, 0.1) is 13.8 Å². The molecular formula is C100H84O4S2. The van der Waals surface area contributed by atoms with Crippen molar-refractivity contribution < 1.29 is 20.4 Å². The molecule has 0 amide bonds. The maximum atomic E-state index is 11.9. The number of fused-ring (bicyclic) bond motifs is 4. The van der Waals surface area contributed by atoms with Crippen molar-refractivity contribution in [3.63, 3.8) is 0 Å². The number of benzene rings is 18. The molecule has 18 aromatic carbocycles. The molecule has 18 aromatic rings. The fraction of sp³-hybridized carbons (Fsp3) is 0.160. The van der Waals surface area contributed by atoms with Crippen molar-refractivity contribution in [2.75, 3.05) is 0 Å². The van der Waals surface area contributed by atoms with Crippen LogP contribution < -0.4 is 0 Å². The van der Waals surface area contributed by atoms with E-state index in [4.69, 9.17) is 0 Å². The number of phenolic OH excluding ortho intramolecular Hbond substituents is 4. The molecular weight excluding hydrogens is 1330 g/mol. The summed E-state index contributed by atoms with van der Waals surface area (Å²) in [5.41, 5.74) is 12.4. The Balaban J connectivity index is 0.000000157. The van der Waals surface area contributed by atoms with Crippen LogP contribution in [0.15, 0.2) is 287 Å². The monoisotopic (exact) mass is 1410 g/mol. The Morgan fingerprint density at radius 2 is 0.594 bits per heavy atom. The number of hydrogen-bond acceptors (Lipinski definition) is 6. The van der Waals surface area contributed by atoms with Gasteiger partial charge in [0.05, 0.1) is 0 Å². The molecule has 0 aliphatic heterocycles. The highest BCUT2D eigenvalue weighted by atomic mass is 32.2. The smallest absolute Gasteiger partial charge is 0.122 e. The van der Waals surface area contributed by atoms with Crippen LogP contribution in [-0.2, 0) is 12.8 Å². The lowest BCUT2D eigenvalue weighted by Crippen LogP contribution is -2.04. The van der Waals surface area contributed by atoms with Gasteiger partial charge in [0.1, 0.15) is 23.0 Å². The van der Waals surface area contributed by atoms with Crippen LogP contribution >= 0.6 is 23.5 Å². The number of aromatic hydroxyl groups is 4. The molecule has 106 heavy (non-hydrogen) atoms. The lowest BCUT2D eigenvalue weighted by molar-refractivity contribution is 0.456. The summed E-state index contributed by atoms with van der Waals surface area (Å²) in [7, 11) is 0. The lowest BCUT2D eigenvalue weighted by atomic mass is 9.82. The van der Waals surface area contributed by atoms with Gasteiger partial charge in [0.2, 0.25) is 0 Å². The van der Waals surface area contributed by atoms with Crippen LogP contribution in [0.4, 0.5) is 0 Å². The van der Waals surface area contributed by atoms with Gasteiger partial charge in [0.15, 0.2) is 0 Å². The van der Waals surface area contributed by atoms with Gasteiger partial charge in [0, 0.05) is 65.5 Å². The van der Waals surface area contributed by atoms with E-state index in [9.17, 15) is 20.4 Å². The molecule has 0 aliphatic carbocycles. The average Bonchev–Trinajstić information content (AvgIpc) is 0.721. The molecule has 0 bridgehead atoms. The maximum absolute atomic E-state index is 11.9. The van der Waals surface area contributed by atoms with Gasteiger partial charge >= 0.3 is 0 Å². The number of phenols is 4. The molecule has 0 aromatic heterocycles. The molecule has 0 saturated heterocycles. The molecule has 4 atom stereocenters. The summed E-state index contributed by atoms with van der Waals surface area (Å²) in [4.78, 5) is 4.32. The van der Waals surface area contributed by atoms with Crippen molar-refractivity contribution in [2.24, 2.45) is 0 Å². The second kappa shape index (κ2) is 27.8. The third-order valence-corrected chi connectivity index (χ3v) is 25.0. The summed E-state index contributed by atoms with van der Waals surface area (Å²) in [6.07, 6.45) is 3.16. The minimum Gasteiger partial charge on any atom is -0.507 e. The topological polar surface area (TPSA) is 80.9 Å². The first-order chi connectivity index (χ1) is 51.7. The quantitative estimate of drug-likeness (QED) is 0.0570. The lowest BCUT2D eigenvalue weighted by Gasteiger charge is -2.24. The van der Waals surface area contributed by atoms with Crippen molar-refractivity contribution >= 4 is 131 Å². The van der Waals surface area contributed by atoms with Gasteiger partial charge in [-0.25, -0.2) is 0 Å². The molecule has 0 heterocycles. The van der Waals surface area contributed by atoms with Crippen LogP contribution in [0.2, 0.25) is 0 Å². The summed E-state index contributed by atoms with van der Waals surface area (Å²) in [5, 5.41) is 71.8. The van der Waals surface area contributed by atoms with Crippen LogP contribution in [0.3, 0.4) is 0 Å². The van der Waals surface area contributed by atoms with Crippen molar-refractivity contribution in [2.45, 2.75) is 124 Å². The van der Waals surface area contributed by atoms with Crippen LogP contribution in [-0.4, -0.2) is 20.4 Å². The van der Waals surface area contributed by atoms with Crippen molar-refractivity contribution in [3.8, 4) is 23.0 Å². The van der Waals surface area contributed by atoms with E-state index in [1.165, 1.54) is 130 Å². The van der Waals surface area contributed by atoms with Crippen molar-refractivity contribution in [1.29, 1.82) is 0 Å². The molecule has 0 radical (unpaired) electrons. The Bertz CT molecular complexity index is 6350. The zero-order chi connectivity index (χ0) is 72.8. The molecule has 4 nitrogen and oxygen atoms in total. The Morgan fingerprint density at radius 1 is 0.264 bits per heavy atom. The zero-order valence-corrected chi connectivity index (χ0v) is 62.8. The molecule has 4 N–H and O–H groups in total. The van der Waals surface area contributed by atoms with E-state index in [-0.39, 0.29) is 23.7 Å². The Labute approximate surface area is 628 Å². The zero-order valence-electron chi connectivity index (χ0n) is 61.1. The van der Waals surface area contributed by atoms with Gasteiger partial charge in [-0.2, -0.15) is 0 Å². The van der Waals surface area contributed by atoms with E-state index in [1.807, 2.05) is 13.8 Å². The van der Waals surface area contributed by atoms with E-state index in [1.54, 1.807) is 23.5 Å². The third kappa shape index (κ3) is 11.7. The van der Waals surface area contributed by atoms with Crippen LogP contribution in [0.25, 0.3) is 108 Å². The third-order valence-electron chi connectivity index (χ3n) is 23.1. The fourth-order valence-electron chi connectivity index (χ4n) is 17.8. The minimum absolute atomic E-state index is 0.00336. The van der Waals surface area contributed by atoms with E-state index in [2.05, 4.69) is 308 Å². The maximum Gasteiger partial charge on any atom is 0.122 e. The first-order valence-corrected chi connectivity index (χ1v) is 39.2. The summed E-state index contributed by atoms with van der Waals surface area (Å²) in [6.45, 7) is 17.1. The summed E-state index contributed by atoms with van der Waals surface area (Å²) in [5.74, 6) is 1.42. The van der Waals surface area contributed by atoms with E-state index in [0.29, 0.717) is 23.0 Å². The summed E-state index contributed by atoms with van der Waals surface area (Å²) < 4.78 is 0. The highest BCUT2D eigenvalue weighted by Gasteiger charge is 2.28. The van der Waals surface area contributed by atoms with Gasteiger partial charge < -0.3 is 20.4 Å². The largest absolute Gasteiger partial charge is 0.507 e. The molecule has 0 saturated carbocycles. The molecule has 0 fully saturated rings. The highest BCUT2D eigenvalue weighted by Crippen LogP contribution is 2.51. The van der Waals surface area contributed by atoms with E-state index in [0.717, 1.165) is 89.8 Å². The molecule has 0 spiro atoms. The van der Waals surface area contributed by atoms with Gasteiger partial charge in [-0.05, 0) is 252 Å². The van der Waals surface area contributed by atoms with Crippen LogP contribution in [0.1, 0.15) is 145 Å². The Hall–Kier alpha value is -11.0. The second-order valence-corrected chi connectivity index (χ2v) is 31.5. The Kier molecular flexibility index (Phi) is 17.9. The Morgan fingerprint density at radius 3 is 1.02 bits per heavy atom. The second-order valence-electron chi connectivity index (χ2n) is 29.2. The molecule has 520 valence electrons. The number of rotatable bonds is 16. The normalized spacial score (nSPS) is 13.1. The SMILES string of the molecule is CCc1cc(Sc2cc(C)c(O)c(C(C)c3c4ccccc4cc4ccccc34)c2)cc(C(CC)c2c3ccccc3cc3ccccc23)c1O.CCc1cc(Sc2cc(C)c(O)c(C(C)c3ccc4ccc5cccc6ccc3c4c56)c2)cc(C(CC)c2ccc3ccc4cccc5ccc2c3c45)c1O. The van der Waals surface area contributed by atoms with Gasteiger partial charge in [0.25, 0.3) is 0 Å². The predicted molar refractivity (Wildman–Crippen MR) is 451 cm³/mol. The van der Waals surface area contributed by atoms with Gasteiger partial charge in [-0.1, -0.05) is 271 Å². The molecule has 0 aliphatic rings. The minimum atomic E-state index is -0.0500. The molecule has 6 heteroatoms. The first-order valence-electron chi connectivity index (χ1n) is 37.6. The highest BCUT2D eigenvalue weighted by molar-refractivity contribution is 7.99. The molecule has 18 rings (SSSR count). The average molecular weight is 1410 g/mol. The van der Waals surface area contributed by atoms with Crippen LogP contribution in [0.5, 0.6) is 23.0 Å². The van der Waals surface area contributed by atoms with Gasteiger partial charge in [-0.15, -0.1) is 0 Å². The number of aryl methyl sites for hydroxylation is 4.